The lowest BCUT2D eigenvalue weighted by Gasteiger charge is -2.02. The van der Waals surface area contributed by atoms with E-state index in [-0.39, 0.29) is 5.78 Å². The van der Waals surface area contributed by atoms with Gasteiger partial charge >= 0.3 is 0 Å². The zero-order chi connectivity index (χ0) is 15.1. The number of fused-ring (bicyclic) bond motifs is 1. The van der Waals surface area contributed by atoms with Gasteiger partial charge in [-0.1, -0.05) is 40.9 Å². The molecule has 1 heterocycles. The number of carbonyl (C=O) groups excluding carboxylic acids is 1. The van der Waals surface area contributed by atoms with Crippen molar-refractivity contribution >= 4 is 51.5 Å². The lowest BCUT2D eigenvalue weighted by molar-refractivity contribution is 0.104. The van der Waals surface area contributed by atoms with E-state index in [9.17, 15) is 4.79 Å². The van der Waals surface area contributed by atoms with Crippen LogP contribution in [-0.2, 0) is 7.05 Å². The number of halogens is 3. The minimum absolute atomic E-state index is 0.0958. The molecule has 0 N–H and O–H groups in total. The van der Waals surface area contributed by atoms with Gasteiger partial charge in [-0.3, -0.25) is 4.79 Å². The van der Waals surface area contributed by atoms with E-state index in [1.54, 1.807) is 30.5 Å². The summed E-state index contributed by atoms with van der Waals surface area (Å²) in [6.07, 6.45) is 1.80. The molecular formula is C16H10Cl3NO. The minimum atomic E-state index is -0.0958. The second-order valence-electron chi connectivity index (χ2n) is 4.77. The fraction of sp³-hybridized carbons (Fsp3) is 0.0625. The number of carbonyl (C=O) groups is 1. The Balaban J connectivity index is 2.15. The molecule has 0 amide bonds. The minimum Gasteiger partial charge on any atom is -0.350 e. The molecule has 3 rings (SSSR count). The van der Waals surface area contributed by atoms with Crippen molar-refractivity contribution in [2.45, 2.75) is 0 Å². The summed E-state index contributed by atoms with van der Waals surface area (Å²) in [4.78, 5) is 12.7. The van der Waals surface area contributed by atoms with E-state index < -0.39 is 0 Å². The van der Waals surface area contributed by atoms with Crippen molar-refractivity contribution in [2.75, 3.05) is 0 Å². The van der Waals surface area contributed by atoms with Gasteiger partial charge in [0.15, 0.2) is 5.78 Å². The molecule has 2 nitrogen and oxygen atoms in total. The lowest BCUT2D eigenvalue weighted by atomic mass is 10.0. The third-order valence-corrected chi connectivity index (χ3v) is 4.35. The van der Waals surface area contributed by atoms with Crippen molar-refractivity contribution in [1.82, 2.24) is 4.57 Å². The Bertz CT molecular complexity index is 867. The van der Waals surface area contributed by atoms with Gasteiger partial charge in [-0.25, -0.2) is 0 Å². The molecule has 0 saturated carbocycles. The highest BCUT2D eigenvalue weighted by molar-refractivity contribution is 6.42. The van der Waals surface area contributed by atoms with Gasteiger partial charge < -0.3 is 4.57 Å². The molecule has 2 aromatic carbocycles. The van der Waals surface area contributed by atoms with Crippen LogP contribution >= 0.6 is 34.8 Å². The van der Waals surface area contributed by atoms with Crippen LogP contribution in [0.25, 0.3) is 10.9 Å². The summed E-state index contributed by atoms with van der Waals surface area (Å²) in [6, 6.07) is 10.3. The molecule has 0 aliphatic heterocycles. The number of aromatic nitrogens is 1. The Morgan fingerprint density at radius 2 is 1.76 bits per heavy atom. The number of aryl methyl sites for hydroxylation is 1. The lowest BCUT2D eigenvalue weighted by Crippen LogP contribution is -2.00. The maximum Gasteiger partial charge on any atom is 0.195 e. The predicted molar refractivity (Wildman–Crippen MR) is 87.8 cm³/mol. The number of benzene rings is 2. The number of hydrogen-bond donors (Lipinski definition) is 0. The van der Waals surface area contributed by atoms with Crippen molar-refractivity contribution in [3.05, 3.63) is 68.8 Å². The largest absolute Gasteiger partial charge is 0.350 e. The van der Waals surface area contributed by atoms with Crippen molar-refractivity contribution in [1.29, 1.82) is 0 Å². The van der Waals surface area contributed by atoms with Crippen molar-refractivity contribution in [2.24, 2.45) is 7.05 Å². The Kier molecular flexibility index (Phi) is 3.70. The average Bonchev–Trinajstić information content (AvgIpc) is 2.78. The smallest absolute Gasteiger partial charge is 0.195 e. The molecule has 3 aromatic rings. The number of rotatable bonds is 2. The normalized spacial score (nSPS) is 11.0. The topological polar surface area (TPSA) is 22.0 Å². The van der Waals surface area contributed by atoms with Crippen LogP contribution in [0.15, 0.2) is 42.6 Å². The molecule has 21 heavy (non-hydrogen) atoms. The molecular weight excluding hydrogens is 329 g/mol. The molecule has 0 unspecified atom stereocenters. The van der Waals surface area contributed by atoms with Crippen LogP contribution in [0.3, 0.4) is 0 Å². The molecule has 0 fully saturated rings. The molecule has 0 saturated heterocycles. The van der Waals surface area contributed by atoms with Crippen molar-refractivity contribution in [3.63, 3.8) is 0 Å². The zero-order valence-electron chi connectivity index (χ0n) is 11.0. The van der Waals surface area contributed by atoms with E-state index in [1.165, 1.54) is 0 Å². The molecule has 0 aliphatic rings. The molecule has 0 atom stereocenters. The summed E-state index contributed by atoms with van der Waals surface area (Å²) in [6.45, 7) is 0. The molecule has 1 aromatic heterocycles. The molecule has 106 valence electrons. The Labute approximate surface area is 136 Å². The van der Waals surface area contributed by atoms with Crippen LogP contribution in [0.5, 0.6) is 0 Å². The highest BCUT2D eigenvalue weighted by Crippen LogP contribution is 2.28. The van der Waals surface area contributed by atoms with Gasteiger partial charge in [0.1, 0.15) is 0 Å². The quantitative estimate of drug-likeness (QED) is 0.576. The SMILES string of the molecule is Cn1cc(C(=O)c2ccc(Cl)c(Cl)c2)c2ccc(Cl)cc21. The molecule has 0 bridgehead atoms. The van der Waals surface area contributed by atoms with E-state index in [2.05, 4.69) is 0 Å². The van der Waals surface area contributed by atoms with Gasteiger partial charge in [0.2, 0.25) is 0 Å². The second-order valence-corrected chi connectivity index (χ2v) is 6.02. The van der Waals surface area contributed by atoms with E-state index in [0.717, 1.165) is 10.9 Å². The zero-order valence-corrected chi connectivity index (χ0v) is 13.3. The average molecular weight is 339 g/mol. The number of nitrogens with zero attached hydrogens (tertiary/aromatic N) is 1. The first-order valence-corrected chi connectivity index (χ1v) is 7.35. The highest BCUT2D eigenvalue weighted by atomic mass is 35.5. The van der Waals surface area contributed by atoms with Gasteiger partial charge in [0, 0.05) is 40.3 Å². The maximum absolute atomic E-state index is 12.7. The second kappa shape index (κ2) is 5.38. The summed E-state index contributed by atoms with van der Waals surface area (Å²) >= 11 is 17.9. The third kappa shape index (κ3) is 2.55. The van der Waals surface area contributed by atoms with Crippen LogP contribution in [0.1, 0.15) is 15.9 Å². The van der Waals surface area contributed by atoms with Gasteiger partial charge in [0.05, 0.1) is 10.0 Å². The Hall–Kier alpha value is -1.48. The first kappa shape index (κ1) is 14.5. The standard InChI is InChI=1S/C16H10Cl3NO/c1-20-8-12(11-4-3-10(17)7-15(11)20)16(21)9-2-5-13(18)14(19)6-9/h2-8H,1H3. The van der Waals surface area contributed by atoms with Crippen LogP contribution in [0, 0.1) is 0 Å². The molecule has 0 radical (unpaired) electrons. The predicted octanol–water partition coefficient (Wildman–Crippen LogP) is 5.37. The van der Waals surface area contributed by atoms with E-state index in [0.29, 0.717) is 26.2 Å². The van der Waals surface area contributed by atoms with E-state index in [1.807, 2.05) is 23.7 Å². The summed E-state index contributed by atoms with van der Waals surface area (Å²) in [5.41, 5.74) is 2.03. The van der Waals surface area contributed by atoms with Crippen molar-refractivity contribution < 1.29 is 4.79 Å². The maximum atomic E-state index is 12.7. The summed E-state index contributed by atoms with van der Waals surface area (Å²) < 4.78 is 1.88. The van der Waals surface area contributed by atoms with Gasteiger partial charge in [0.25, 0.3) is 0 Å². The van der Waals surface area contributed by atoms with Gasteiger partial charge in [-0.2, -0.15) is 0 Å². The van der Waals surface area contributed by atoms with Crippen molar-refractivity contribution in [3.8, 4) is 0 Å². The molecule has 5 heteroatoms. The van der Waals surface area contributed by atoms with Gasteiger partial charge in [-0.05, 0) is 30.3 Å². The monoisotopic (exact) mass is 337 g/mol. The summed E-state index contributed by atoms with van der Waals surface area (Å²) in [5.74, 6) is -0.0958. The van der Waals surface area contributed by atoms with Crippen LogP contribution in [0.2, 0.25) is 15.1 Å². The fourth-order valence-corrected chi connectivity index (χ4v) is 2.80. The Morgan fingerprint density at radius 3 is 2.48 bits per heavy atom. The van der Waals surface area contributed by atoms with E-state index in [4.69, 9.17) is 34.8 Å². The number of hydrogen-bond acceptors (Lipinski definition) is 1. The summed E-state index contributed by atoms with van der Waals surface area (Å²) in [5, 5.41) is 2.29. The van der Waals surface area contributed by atoms with Gasteiger partial charge in [-0.15, -0.1) is 0 Å². The number of ketones is 1. The molecule has 0 aliphatic carbocycles. The first-order chi connectivity index (χ1) is 9.97. The highest BCUT2D eigenvalue weighted by Gasteiger charge is 2.16. The first-order valence-electron chi connectivity index (χ1n) is 6.21. The van der Waals surface area contributed by atoms with Crippen LogP contribution in [0.4, 0.5) is 0 Å². The summed E-state index contributed by atoms with van der Waals surface area (Å²) in [7, 11) is 1.88. The van der Waals surface area contributed by atoms with Crippen LogP contribution < -0.4 is 0 Å². The van der Waals surface area contributed by atoms with E-state index >= 15 is 0 Å². The third-order valence-electron chi connectivity index (χ3n) is 3.38. The van der Waals surface area contributed by atoms with Crippen LogP contribution in [-0.4, -0.2) is 10.4 Å². The molecule has 0 spiro atoms. The fourth-order valence-electron chi connectivity index (χ4n) is 2.33. The Morgan fingerprint density at radius 1 is 1.00 bits per heavy atom.